The second-order valence-electron chi connectivity index (χ2n) is 3.58. The maximum Gasteiger partial charge on any atom is 0.421 e. The third-order valence-electron chi connectivity index (χ3n) is 2.40. The summed E-state index contributed by atoms with van der Waals surface area (Å²) in [7, 11) is -3.99. The molecule has 17 heavy (non-hydrogen) atoms. The van der Waals surface area contributed by atoms with Crippen molar-refractivity contribution in [2.75, 3.05) is 13.2 Å². The van der Waals surface area contributed by atoms with Crippen molar-refractivity contribution in [1.82, 2.24) is 9.44 Å². The summed E-state index contributed by atoms with van der Waals surface area (Å²) in [4.78, 5) is 10.9. The fraction of sp³-hybridized carbons (Fsp3) is 0.889. The Kier molecular flexibility index (Phi) is 6.43. The standard InChI is InChI=1S/C9H20N2O5S/c1-4-9(13,5-2)7-10-17(14,15)11-8(12)16-6-3/h10,13H,4-7H2,1-3H3,(H,11,12). The summed E-state index contributed by atoms with van der Waals surface area (Å²) < 4.78 is 30.9. The first kappa shape index (κ1) is 16.1. The van der Waals surface area contributed by atoms with Crippen LogP contribution in [-0.2, 0) is 14.9 Å². The molecule has 0 aromatic heterocycles. The van der Waals surface area contributed by atoms with E-state index in [1.165, 1.54) is 0 Å². The molecule has 0 aromatic carbocycles. The second kappa shape index (κ2) is 6.77. The quantitative estimate of drug-likeness (QED) is 0.608. The topological polar surface area (TPSA) is 105 Å². The third-order valence-corrected chi connectivity index (χ3v) is 3.36. The highest BCUT2D eigenvalue weighted by Gasteiger charge is 2.25. The van der Waals surface area contributed by atoms with Gasteiger partial charge in [-0.25, -0.2) is 9.52 Å². The minimum Gasteiger partial charge on any atom is -0.449 e. The van der Waals surface area contributed by atoms with Gasteiger partial charge in [-0.1, -0.05) is 13.8 Å². The van der Waals surface area contributed by atoms with Crippen molar-refractivity contribution in [1.29, 1.82) is 0 Å². The number of ether oxygens (including phenoxy) is 1. The van der Waals surface area contributed by atoms with Crippen LogP contribution in [-0.4, -0.2) is 38.4 Å². The van der Waals surface area contributed by atoms with Gasteiger partial charge in [-0.3, -0.25) is 0 Å². The summed E-state index contributed by atoms with van der Waals surface area (Å²) in [6.45, 7) is 4.98. The van der Waals surface area contributed by atoms with Crippen LogP contribution in [0, 0.1) is 0 Å². The number of hydrogen-bond acceptors (Lipinski definition) is 5. The molecule has 0 aliphatic heterocycles. The summed E-state index contributed by atoms with van der Waals surface area (Å²) in [5.74, 6) is 0. The lowest BCUT2D eigenvalue weighted by atomic mass is 9.98. The van der Waals surface area contributed by atoms with Gasteiger partial charge < -0.3 is 9.84 Å². The van der Waals surface area contributed by atoms with Gasteiger partial charge in [-0.05, 0) is 19.8 Å². The highest BCUT2D eigenvalue weighted by atomic mass is 32.2. The van der Waals surface area contributed by atoms with E-state index >= 15 is 0 Å². The number of carbonyl (C=O) groups is 1. The van der Waals surface area contributed by atoms with Crippen LogP contribution in [0.3, 0.4) is 0 Å². The highest BCUT2D eigenvalue weighted by Crippen LogP contribution is 2.12. The van der Waals surface area contributed by atoms with Crippen molar-refractivity contribution in [3.05, 3.63) is 0 Å². The molecule has 0 aliphatic carbocycles. The van der Waals surface area contributed by atoms with Gasteiger partial charge in [0.2, 0.25) is 0 Å². The summed E-state index contributed by atoms with van der Waals surface area (Å²) in [6.07, 6.45) is -0.229. The van der Waals surface area contributed by atoms with E-state index in [2.05, 4.69) is 9.46 Å². The Morgan fingerprint density at radius 2 is 1.82 bits per heavy atom. The molecule has 102 valence electrons. The van der Waals surface area contributed by atoms with Crippen molar-refractivity contribution in [2.45, 2.75) is 39.2 Å². The first-order valence-electron chi connectivity index (χ1n) is 5.45. The van der Waals surface area contributed by atoms with Gasteiger partial charge in [0.15, 0.2) is 0 Å². The van der Waals surface area contributed by atoms with Gasteiger partial charge in [0.05, 0.1) is 12.2 Å². The predicted octanol–water partition coefficient (Wildman–Crippen LogP) is 0.118. The Morgan fingerprint density at radius 1 is 1.29 bits per heavy atom. The smallest absolute Gasteiger partial charge is 0.421 e. The zero-order valence-electron chi connectivity index (χ0n) is 10.3. The molecule has 0 radical (unpaired) electrons. The lowest BCUT2D eigenvalue weighted by molar-refractivity contribution is 0.0376. The van der Waals surface area contributed by atoms with Crippen molar-refractivity contribution in [3.8, 4) is 0 Å². The fourth-order valence-electron chi connectivity index (χ4n) is 1.04. The molecule has 0 saturated heterocycles. The number of rotatable bonds is 7. The van der Waals surface area contributed by atoms with Crippen LogP contribution in [0.5, 0.6) is 0 Å². The zero-order chi connectivity index (χ0) is 13.5. The van der Waals surface area contributed by atoms with Crippen LogP contribution in [0.2, 0.25) is 0 Å². The lowest BCUT2D eigenvalue weighted by Crippen LogP contribution is -2.47. The Labute approximate surface area is 102 Å². The van der Waals surface area contributed by atoms with E-state index in [0.717, 1.165) is 0 Å². The largest absolute Gasteiger partial charge is 0.449 e. The summed E-state index contributed by atoms with van der Waals surface area (Å²) in [6, 6.07) is 0. The molecule has 0 aromatic rings. The van der Waals surface area contributed by atoms with Gasteiger partial charge in [-0.15, -0.1) is 0 Å². The minimum atomic E-state index is -3.99. The van der Waals surface area contributed by atoms with Crippen LogP contribution >= 0.6 is 0 Å². The van der Waals surface area contributed by atoms with Crippen LogP contribution in [0.4, 0.5) is 4.79 Å². The fourth-order valence-corrected chi connectivity index (χ4v) is 1.84. The summed E-state index contributed by atoms with van der Waals surface area (Å²) in [5.41, 5.74) is -1.11. The number of amides is 1. The van der Waals surface area contributed by atoms with Crippen LogP contribution in [0.1, 0.15) is 33.6 Å². The van der Waals surface area contributed by atoms with E-state index in [0.29, 0.717) is 12.8 Å². The average molecular weight is 268 g/mol. The SMILES string of the molecule is CCOC(=O)NS(=O)(=O)NCC(O)(CC)CC. The molecule has 3 N–H and O–H groups in total. The summed E-state index contributed by atoms with van der Waals surface area (Å²) >= 11 is 0. The maximum atomic E-state index is 11.4. The minimum absolute atomic E-state index is 0.0786. The van der Waals surface area contributed by atoms with Gasteiger partial charge in [0.25, 0.3) is 0 Å². The Balaban J connectivity index is 4.32. The third kappa shape index (κ3) is 6.44. The second-order valence-corrected chi connectivity index (χ2v) is 5.08. The van der Waals surface area contributed by atoms with Gasteiger partial charge in [0.1, 0.15) is 0 Å². The van der Waals surface area contributed by atoms with E-state index in [9.17, 15) is 18.3 Å². The number of carbonyl (C=O) groups excluding carboxylic acids is 1. The number of aliphatic hydroxyl groups is 1. The molecule has 0 aliphatic rings. The molecule has 0 unspecified atom stereocenters. The Hall–Kier alpha value is -0.860. The molecule has 0 fully saturated rings. The number of hydrogen-bond donors (Lipinski definition) is 3. The predicted molar refractivity (Wildman–Crippen MR) is 62.6 cm³/mol. The van der Waals surface area contributed by atoms with E-state index in [1.807, 2.05) is 0 Å². The van der Waals surface area contributed by atoms with Crippen molar-refractivity contribution in [3.63, 3.8) is 0 Å². The molecule has 1 amide bonds. The van der Waals surface area contributed by atoms with Crippen molar-refractivity contribution < 1.29 is 23.1 Å². The Bertz CT molecular complexity index is 337. The van der Waals surface area contributed by atoms with Gasteiger partial charge >= 0.3 is 16.3 Å². The van der Waals surface area contributed by atoms with Crippen LogP contribution in [0.25, 0.3) is 0 Å². The zero-order valence-corrected chi connectivity index (χ0v) is 11.1. The molecule has 0 saturated carbocycles. The first-order chi connectivity index (χ1) is 7.78. The van der Waals surface area contributed by atoms with E-state index < -0.39 is 21.9 Å². The summed E-state index contributed by atoms with van der Waals surface area (Å²) in [5, 5.41) is 9.86. The molecule has 0 atom stereocenters. The van der Waals surface area contributed by atoms with Crippen molar-refractivity contribution in [2.24, 2.45) is 0 Å². The highest BCUT2D eigenvalue weighted by molar-refractivity contribution is 7.88. The van der Waals surface area contributed by atoms with Gasteiger partial charge in [-0.2, -0.15) is 13.1 Å². The lowest BCUT2D eigenvalue weighted by Gasteiger charge is -2.25. The van der Waals surface area contributed by atoms with Crippen LogP contribution < -0.4 is 9.44 Å². The van der Waals surface area contributed by atoms with E-state index in [-0.39, 0.29) is 13.2 Å². The van der Waals surface area contributed by atoms with Crippen LogP contribution in [0.15, 0.2) is 0 Å². The van der Waals surface area contributed by atoms with Crippen molar-refractivity contribution >= 4 is 16.3 Å². The average Bonchev–Trinajstić information content (AvgIpc) is 2.26. The monoisotopic (exact) mass is 268 g/mol. The maximum absolute atomic E-state index is 11.4. The molecular weight excluding hydrogens is 248 g/mol. The Morgan fingerprint density at radius 3 is 2.24 bits per heavy atom. The molecule has 8 heteroatoms. The van der Waals surface area contributed by atoms with Gasteiger partial charge in [0, 0.05) is 6.54 Å². The molecule has 7 nitrogen and oxygen atoms in total. The first-order valence-corrected chi connectivity index (χ1v) is 6.93. The molecule has 0 spiro atoms. The molecule has 0 bridgehead atoms. The van der Waals surface area contributed by atoms with E-state index in [1.54, 1.807) is 25.5 Å². The molecule has 0 heterocycles. The number of nitrogens with one attached hydrogen (secondary N) is 2. The molecule has 0 rings (SSSR count). The molecular formula is C9H20N2O5S. The van der Waals surface area contributed by atoms with E-state index in [4.69, 9.17) is 0 Å². The normalized spacial score (nSPS) is 12.2.